The van der Waals surface area contributed by atoms with Crippen molar-refractivity contribution in [3.8, 4) is 0 Å². The average molecular weight is 856 g/mol. The maximum Gasteiger partial charge on any atom is 3.00 e. The van der Waals surface area contributed by atoms with Gasteiger partial charge in [0.15, 0.2) is 0 Å². The Morgan fingerprint density at radius 1 is 0.673 bits per heavy atom. The van der Waals surface area contributed by atoms with Crippen LogP contribution in [0.3, 0.4) is 0 Å². The molecule has 2 unspecified atom stereocenters. The molecule has 0 spiro atoms. The first-order chi connectivity index (χ1) is 20.7. The minimum Gasteiger partial charge on any atom is -0.269 e. The van der Waals surface area contributed by atoms with Gasteiger partial charge in [0.05, 0.1) is 0 Å². The largest absolute Gasteiger partial charge is 3.00 e. The third-order valence-electron chi connectivity index (χ3n) is 7.48. The molecule has 4 aliphatic carbocycles. The zero-order valence-corrected chi connectivity index (χ0v) is 42.8. The van der Waals surface area contributed by atoms with Gasteiger partial charge in [-0.3, -0.25) is 24.3 Å². The molecule has 0 saturated heterocycles. The van der Waals surface area contributed by atoms with Crippen molar-refractivity contribution in [2.24, 2.45) is 22.7 Å². The fraction of sp³-hybridized carbons (Fsp3) is 0.558. The molecule has 0 aromatic rings. The van der Waals surface area contributed by atoms with Crippen LogP contribution in [0.4, 0.5) is 0 Å². The molecule has 0 heterocycles. The van der Waals surface area contributed by atoms with Crippen molar-refractivity contribution in [3.63, 3.8) is 0 Å². The van der Waals surface area contributed by atoms with Crippen LogP contribution in [-0.4, -0.2) is 19.0 Å². The first-order valence-corrected chi connectivity index (χ1v) is 21.3. The Balaban J connectivity index is -0.0000000866. The summed E-state index contributed by atoms with van der Waals surface area (Å²) in [4.78, 5) is 0. The summed E-state index contributed by atoms with van der Waals surface area (Å²) in [7, 11) is 1.50. The van der Waals surface area contributed by atoms with Gasteiger partial charge in [-0.25, -0.2) is 54.0 Å². The molecular formula is C43H73Cl2Si2TiZr. The van der Waals surface area contributed by atoms with Crippen molar-refractivity contribution in [3.05, 3.63) is 113 Å². The molecule has 3 radical (unpaired) electrons. The van der Waals surface area contributed by atoms with Crippen LogP contribution in [0.15, 0.2) is 81.5 Å². The molecule has 0 bridgehead atoms. The van der Waals surface area contributed by atoms with E-state index in [9.17, 15) is 0 Å². The molecule has 0 aromatic carbocycles. The van der Waals surface area contributed by atoms with Gasteiger partial charge in [-0.1, -0.05) is 121 Å². The molecule has 0 N–H and O–H groups in total. The molecule has 0 fully saturated rings. The van der Waals surface area contributed by atoms with Crippen molar-refractivity contribution in [2.45, 2.75) is 136 Å². The summed E-state index contributed by atoms with van der Waals surface area (Å²) < 4.78 is 0. The third kappa shape index (κ3) is 30.3. The standard InChI is InChI=1S/4C9H13.C3H5.2C2H7Si.2ClH.Ti.Zr/c2*1-6-5-7(2)9(4)8(6)3;2*1-9(2,3)8-6-4-5-7-8;3*1-3-2;;;;/h2*6H,1-4H3;2*4,6H,5H2,1-3H3;3H,1-2H2;2*3H,1-2H3;2*1H;;/q5*-1;;;;;+2;+3. The predicted molar refractivity (Wildman–Crippen MR) is 228 cm³/mol. The van der Waals surface area contributed by atoms with Gasteiger partial charge in [0, 0.05) is 19.0 Å². The zero-order valence-electron chi connectivity index (χ0n) is 34.8. The quantitative estimate of drug-likeness (QED) is 0.168. The van der Waals surface area contributed by atoms with Crippen LogP contribution in [0.2, 0.25) is 26.2 Å². The van der Waals surface area contributed by atoms with Crippen molar-refractivity contribution in [1.29, 1.82) is 0 Å². The van der Waals surface area contributed by atoms with Gasteiger partial charge in [0.2, 0.25) is 0 Å². The average Bonchev–Trinajstić information content (AvgIpc) is 3.74. The molecule has 4 rings (SSSR count). The van der Waals surface area contributed by atoms with Gasteiger partial charge in [-0.2, -0.15) is 34.4 Å². The molecule has 4 aliphatic rings. The summed E-state index contributed by atoms with van der Waals surface area (Å²) in [6.07, 6.45) is 25.5. The van der Waals surface area contributed by atoms with E-state index in [0.29, 0.717) is 22.7 Å². The van der Waals surface area contributed by atoms with Gasteiger partial charge < -0.3 is 0 Å². The van der Waals surface area contributed by atoms with E-state index in [4.69, 9.17) is 0 Å². The topological polar surface area (TPSA) is 0 Å². The third-order valence-corrected chi connectivity index (χ3v) is 7.48. The van der Waals surface area contributed by atoms with Crippen LogP contribution in [0.1, 0.15) is 110 Å². The van der Waals surface area contributed by atoms with Crippen LogP contribution < -0.4 is 0 Å². The van der Waals surface area contributed by atoms with Gasteiger partial charge >= 0.3 is 47.9 Å². The monoisotopic (exact) mass is 853 g/mol. The molecule has 0 saturated carbocycles. The zero-order chi connectivity index (χ0) is 36.0. The summed E-state index contributed by atoms with van der Waals surface area (Å²) in [5.41, 5.74) is 11.8. The van der Waals surface area contributed by atoms with Crippen LogP contribution >= 0.6 is 24.8 Å². The second kappa shape index (κ2) is 35.2. The summed E-state index contributed by atoms with van der Waals surface area (Å²) in [6, 6.07) is 0. The second-order valence-corrected chi connectivity index (χ2v) is 16.2. The van der Waals surface area contributed by atoms with Gasteiger partial charge in [0.1, 0.15) is 0 Å². The molecule has 0 nitrogen and oxygen atoms in total. The molecular weight excluding hydrogens is 783 g/mol. The van der Waals surface area contributed by atoms with E-state index in [1.807, 2.05) is 0 Å². The van der Waals surface area contributed by atoms with E-state index in [1.165, 1.54) is 50.7 Å². The number of hydrogen-bond donors (Lipinski definition) is 0. The van der Waals surface area contributed by atoms with Crippen molar-refractivity contribution in [1.82, 2.24) is 0 Å². The first-order valence-electron chi connectivity index (χ1n) is 16.7. The van der Waals surface area contributed by atoms with E-state index < -0.39 is 0 Å². The summed E-state index contributed by atoms with van der Waals surface area (Å²) in [6.45, 7) is 46.0. The number of rotatable bonds is 0. The Kier molecular flexibility index (Phi) is 46.1. The molecule has 6 heteroatoms. The van der Waals surface area contributed by atoms with E-state index in [2.05, 4.69) is 185 Å². The SMILES string of the molecule is C=C[CH2-].CC(C)(C)C1=[C-]CC=C1.CC(C)(C)C1=[C-]CC=C1.CC1=[C-]C(C)C(C)=C1C.CC1=[C-]C(C)C(C)=C1C.C[SiH]C.C[SiH]C.Cl.Cl.[Ti+2].[Zr+3]. The maximum absolute atomic E-state index is 3.36. The number of hydrogen-bond acceptors (Lipinski definition) is 0. The van der Waals surface area contributed by atoms with Gasteiger partial charge in [-0.05, 0) is 10.8 Å². The Labute approximate surface area is 360 Å². The number of allylic oxidation sites excluding steroid dienone is 17. The van der Waals surface area contributed by atoms with Crippen LogP contribution in [0.5, 0.6) is 0 Å². The van der Waals surface area contributed by atoms with Crippen LogP contribution in [0.25, 0.3) is 0 Å². The second-order valence-electron chi connectivity index (χ2n) is 13.9. The maximum atomic E-state index is 3.36. The molecule has 49 heavy (non-hydrogen) atoms. The van der Waals surface area contributed by atoms with Crippen molar-refractivity contribution >= 4 is 43.9 Å². The van der Waals surface area contributed by atoms with Crippen LogP contribution in [0, 0.1) is 53.9 Å². The molecule has 2 atom stereocenters. The normalized spacial score (nSPS) is 17.7. The fourth-order valence-electron chi connectivity index (χ4n) is 4.16. The summed E-state index contributed by atoms with van der Waals surface area (Å²) >= 11 is 0. The minimum atomic E-state index is 0. The summed E-state index contributed by atoms with van der Waals surface area (Å²) in [5.74, 6) is 1.12. The van der Waals surface area contributed by atoms with E-state index >= 15 is 0 Å². The van der Waals surface area contributed by atoms with E-state index in [1.54, 1.807) is 0 Å². The Bertz CT molecular complexity index is 1040. The van der Waals surface area contributed by atoms with E-state index in [0.717, 1.165) is 31.9 Å². The Morgan fingerprint density at radius 3 is 0.959 bits per heavy atom. The Morgan fingerprint density at radius 2 is 0.898 bits per heavy atom. The summed E-state index contributed by atoms with van der Waals surface area (Å²) in [5, 5.41) is 0. The molecule has 0 aliphatic heterocycles. The number of halogens is 2. The van der Waals surface area contributed by atoms with Gasteiger partial charge in [-0.15, -0.1) is 51.5 Å². The van der Waals surface area contributed by atoms with Crippen molar-refractivity contribution in [2.75, 3.05) is 0 Å². The first kappa shape index (κ1) is 64.1. The minimum absolute atomic E-state index is 0. The van der Waals surface area contributed by atoms with Gasteiger partial charge in [0.25, 0.3) is 0 Å². The molecule has 275 valence electrons. The predicted octanol–water partition coefficient (Wildman–Crippen LogP) is 13.8. The molecule has 0 amide bonds. The van der Waals surface area contributed by atoms with Crippen molar-refractivity contribution < 1.29 is 47.9 Å². The van der Waals surface area contributed by atoms with E-state index in [-0.39, 0.29) is 72.7 Å². The Hall–Kier alpha value is 0.141. The van der Waals surface area contributed by atoms with Crippen LogP contribution in [-0.2, 0) is 47.9 Å². The molecule has 0 aromatic heterocycles. The fourth-order valence-corrected chi connectivity index (χ4v) is 4.16. The smallest absolute Gasteiger partial charge is 0.269 e.